The minimum atomic E-state index is -4.83. The number of alkyl halides is 3. The van der Waals surface area contributed by atoms with E-state index in [-0.39, 0.29) is 18.6 Å². The van der Waals surface area contributed by atoms with E-state index in [0.717, 1.165) is 0 Å². The number of hydrogen-bond donors (Lipinski definition) is 2. The molecule has 20 heavy (non-hydrogen) atoms. The summed E-state index contributed by atoms with van der Waals surface area (Å²) in [6.45, 7) is -1.14. The van der Waals surface area contributed by atoms with Crippen LogP contribution in [0.2, 0.25) is 0 Å². The van der Waals surface area contributed by atoms with Crippen LogP contribution >= 0.6 is 0 Å². The number of halogens is 4. The van der Waals surface area contributed by atoms with Gasteiger partial charge in [0.1, 0.15) is 5.82 Å². The summed E-state index contributed by atoms with van der Waals surface area (Å²) in [6.07, 6.45) is -4.93. The average Bonchev–Trinajstić information content (AvgIpc) is 2.75. The van der Waals surface area contributed by atoms with Gasteiger partial charge in [0.15, 0.2) is 5.60 Å². The lowest BCUT2D eigenvalue weighted by Gasteiger charge is -2.33. The molecule has 1 aromatic rings. The van der Waals surface area contributed by atoms with Crippen LogP contribution in [0.3, 0.4) is 0 Å². The van der Waals surface area contributed by atoms with Gasteiger partial charge in [-0.15, -0.1) is 0 Å². The van der Waals surface area contributed by atoms with Crippen LogP contribution in [0.25, 0.3) is 0 Å². The van der Waals surface area contributed by atoms with Gasteiger partial charge in [0.05, 0.1) is 13.2 Å². The Morgan fingerprint density at radius 2 is 2.05 bits per heavy atom. The number of benzene rings is 1. The zero-order valence-corrected chi connectivity index (χ0v) is 10.5. The van der Waals surface area contributed by atoms with Gasteiger partial charge in [0.2, 0.25) is 0 Å². The van der Waals surface area contributed by atoms with Gasteiger partial charge in [-0.1, -0.05) is 18.2 Å². The lowest BCUT2D eigenvalue weighted by atomic mass is 9.82. The second-order valence-corrected chi connectivity index (χ2v) is 5.00. The van der Waals surface area contributed by atoms with E-state index in [2.05, 4.69) is 0 Å². The van der Waals surface area contributed by atoms with E-state index in [0.29, 0.717) is 0 Å². The number of hydrogen-bond acceptors (Lipinski definition) is 3. The van der Waals surface area contributed by atoms with Gasteiger partial charge >= 0.3 is 6.18 Å². The molecule has 1 aliphatic heterocycles. The lowest BCUT2D eigenvalue weighted by Crippen LogP contribution is -2.56. The summed E-state index contributed by atoms with van der Waals surface area (Å²) in [5.74, 6) is -1.85. The number of rotatable bonds is 3. The SMILES string of the molecule is N[C@@H](Cc1ccccc1F)[C@H]1COC[C@]1(O)C(F)(F)F. The summed E-state index contributed by atoms with van der Waals surface area (Å²) in [4.78, 5) is 0. The third-order valence-corrected chi connectivity index (χ3v) is 3.65. The molecular weight excluding hydrogens is 278 g/mol. The van der Waals surface area contributed by atoms with Gasteiger partial charge in [0.25, 0.3) is 0 Å². The summed E-state index contributed by atoms with van der Waals surface area (Å²) in [7, 11) is 0. The molecular formula is C13H15F4NO2. The molecule has 1 saturated heterocycles. The highest BCUT2D eigenvalue weighted by atomic mass is 19.4. The molecule has 0 aromatic heterocycles. The molecule has 0 amide bonds. The molecule has 0 spiro atoms. The predicted octanol–water partition coefficient (Wildman–Crippen LogP) is 1.64. The average molecular weight is 293 g/mol. The normalized spacial score (nSPS) is 28.6. The molecule has 0 radical (unpaired) electrons. The molecule has 112 valence electrons. The van der Waals surface area contributed by atoms with Crippen LogP contribution in [-0.4, -0.2) is 36.1 Å². The van der Waals surface area contributed by atoms with Crippen molar-refractivity contribution in [2.45, 2.75) is 24.2 Å². The van der Waals surface area contributed by atoms with Crippen molar-refractivity contribution < 1.29 is 27.4 Å². The van der Waals surface area contributed by atoms with Crippen molar-refractivity contribution >= 4 is 0 Å². The zero-order valence-electron chi connectivity index (χ0n) is 10.5. The van der Waals surface area contributed by atoms with E-state index in [1.165, 1.54) is 18.2 Å². The van der Waals surface area contributed by atoms with E-state index >= 15 is 0 Å². The Morgan fingerprint density at radius 3 is 2.65 bits per heavy atom. The first-order valence-corrected chi connectivity index (χ1v) is 6.11. The summed E-state index contributed by atoms with van der Waals surface area (Å²) >= 11 is 0. The summed E-state index contributed by atoms with van der Waals surface area (Å²) in [6, 6.07) is 4.67. The van der Waals surface area contributed by atoms with Crippen LogP contribution in [0.15, 0.2) is 24.3 Å². The third kappa shape index (κ3) is 2.65. The first-order valence-electron chi connectivity index (χ1n) is 6.11. The van der Waals surface area contributed by atoms with Crippen molar-refractivity contribution in [2.75, 3.05) is 13.2 Å². The molecule has 0 unspecified atom stereocenters. The number of nitrogens with two attached hydrogens (primary N) is 1. The number of ether oxygens (including phenoxy) is 1. The molecule has 2 rings (SSSR count). The monoisotopic (exact) mass is 293 g/mol. The molecule has 1 heterocycles. The van der Waals surface area contributed by atoms with E-state index in [4.69, 9.17) is 10.5 Å². The lowest BCUT2D eigenvalue weighted by molar-refractivity contribution is -0.272. The molecule has 1 aliphatic rings. The van der Waals surface area contributed by atoms with Crippen molar-refractivity contribution in [2.24, 2.45) is 11.7 Å². The second-order valence-electron chi connectivity index (χ2n) is 5.00. The Bertz CT molecular complexity index is 480. The maximum absolute atomic E-state index is 13.5. The van der Waals surface area contributed by atoms with Crippen molar-refractivity contribution in [3.05, 3.63) is 35.6 Å². The highest BCUT2D eigenvalue weighted by molar-refractivity contribution is 5.19. The van der Waals surface area contributed by atoms with E-state index in [9.17, 15) is 22.7 Å². The molecule has 0 saturated carbocycles. The maximum Gasteiger partial charge on any atom is 0.419 e. The number of aliphatic hydroxyl groups is 1. The van der Waals surface area contributed by atoms with Gasteiger partial charge < -0.3 is 15.6 Å². The molecule has 1 fully saturated rings. The highest BCUT2D eigenvalue weighted by Crippen LogP contribution is 2.42. The van der Waals surface area contributed by atoms with E-state index in [1.807, 2.05) is 0 Å². The molecule has 1 aromatic carbocycles. The van der Waals surface area contributed by atoms with Crippen molar-refractivity contribution in [1.29, 1.82) is 0 Å². The van der Waals surface area contributed by atoms with Gasteiger partial charge in [-0.3, -0.25) is 0 Å². The van der Waals surface area contributed by atoms with Gasteiger partial charge in [0, 0.05) is 12.0 Å². The smallest absolute Gasteiger partial charge is 0.378 e. The van der Waals surface area contributed by atoms with E-state index < -0.39 is 36.2 Å². The Hall–Kier alpha value is -1.18. The minimum Gasteiger partial charge on any atom is -0.378 e. The molecule has 3 atom stereocenters. The van der Waals surface area contributed by atoms with Crippen molar-refractivity contribution in [1.82, 2.24) is 0 Å². The van der Waals surface area contributed by atoms with Crippen LogP contribution in [0.4, 0.5) is 17.6 Å². The molecule has 0 bridgehead atoms. The summed E-state index contributed by atoms with van der Waals surface area (Å²) in [5, 5.41) is 9.78. The van der Waals surface area contributed by atoms with Gasteiger partial charge in [-0.25, -0.2) is 4.39 Å². The first-order chi connectivity index (χ1) is 9.25. The molecule has 3 N–H and O–H groups in total. The Morgan fingerprint density at radius 1 is 1.40 bits per heavy atom. The predicted molar refractivity (Wildman–Crippen MR) is 63.4 cm³/mol. The Balaban J connectivity index is 2.17. The molecule has 7 heteroatoms. The summed E-state index contributed by atoms with van der Waals surface area (Å²) in [5.41, 5.74) is 2.99. The van der Waals surface area contributed by atoms with Crippen LogP contribution in [0, 0.1) is 11.7 Å². The Labute approximate surface area is 113 Å². The largest absolute Gasteiger partial charge is 0.419 e. The summed E-state index contributed by atoms with van der Waals surface area (Å²) < 4.78 is 57.0. The van der Waals surface area contributed by atoms with Crippen LogP contribution in [0.5, 0.6) is 0 Å². The topological polar surface area (TPSA) is 55.5 Å². The first kappa shape index (κ1) is 15.2. The van der Waals surface area contributed by atoms with Gasteiger partial charge in [-0.05, 0) is 18.1 Å². The maximum atomic E-state index is 13.5. The molecule has 0 aliphatic carbocycles. The fourth-order valence-corrected chi connectivity index (χ4v) is 2.42. The van der Waals surface area contributed by atoms with Crippen LogP contribution in [0.1, 0.15) is 5.56 Å². The van der Waals surface area contributed by atoms with Gasteiger partial charge in [-0.2, -0.15) is 13.2 Å². The van der Waals surface area contributed by atoms with E-state index in [1.54, 1.807) is 6.07 Å². The van der Waals surface area contributed by atoms with Crippen LogP contribution < -0.4 is 5.73 Å². The zero-order chi connectivity index (χ0) is 15.0. The second kappa shape index (κ2) is 5.31. The fraction of sp³-hybridized carbons (Fsp3) is 0.538. The Kier molecular flexibility index (Phi) is 4.04. The highest BCUT2D eigenvalue weighted by Gasteiger charge is 2.62. The standard InChI is InChI=1S/C13H15F4NO2/c14-10-4-2-1-3-8(10)5-11(18)9-6-20-7-12(9,19)13(15,16)17/h1-4,9,11,19H,5-7,18H2/t9-,11+,12-/m1/s1. The quantitative estimate of drug-likeness (QED) is 0.833. The minimum absolute atomic E-state index is 0.0981. The fourth-order valence-electron chi connectivity index (χ4n) is 2.42. The molecule has 3 nitrogen and oxygen atoms in total. The van der Waals surface area contributed by atoms with Crippen molar-refractivity contribution in [3.63, 3.8) is 0 Å². The van der Waals surface area contributed by atoms with Crippen molar-refractivity contribution in [3.8, 4) is 0 Å². The van der Waals surface area contributed by atoms with Crippen LogP contribution in [-0.2, 0) is 11.2 Å². The third-order valence-electron chi connectivity index (χ3n) is 3.65.